The smallest absolute Gasteiger partial charge is 0.256 e. The molecule has 0 bridgehead atoms. The van der Waals surface area contributed by atoms with Crippen LogP contribution in [0, 0.1) is 11.3 Å². The molecule has 0 fully saturated rings. The number of nitriles is 1. The zero-order valence-corrected chi connectivity index (χ0v) is 12.0. The Morgan fingerprint density at radius 2 is 2.24 bits per heavy atom. The number of carbonyl (C=O) groups is 1. The largest absolute Gasteiger partial charge is 0.467 e. The molecular weight excluding hydrogens is 290 g/mol. The molecule has 6 heteroatoms. The molecule has 0 unspecified atom stereocenters. The van der Waals surface area contributed by atoms with Crippen LogP contribution in [0.15, 0.2) is 41.0 Å². The van der Waals surface area contributed by atoms with E-state index in [0.717, 1.165) is 0 Å². The van der Waals surface area contributed by atoms with Crippen molar-refractivity contribution in [2.45, 2.75) is 13.0 Å². The van der Waals surface area contributed by atoms with Gasteiger partial charge >= 0.3 is 0 Å². The summed E-state index contributed by atoms with van der Waals surface area (Å²) in [5.74, 6) is 0.364. The maximum Gasteiger partial charge on any atom is 0.256 e. The van der Waals surface area contributed by atoms with Crippen LogP contribution in [0.25, 0.3) is 0 Å². The Morgan fingerprint density at radius 1 is 1.43 bits per heavy atom. The quantitative estimate of drug-likeness (QED) is 0.860. The highest BCUT2D eigenvalue weighted by molar-refractivity contribution is 6.31. The van der Waals surface area contributed by atoms with E-state index < -0.39 is 0 Å². The second kappa shape index (κ2) is 6.82. The number of furan rings is 1. The Hall–Kier alpha value is -2.45. The van der Waals surface area contributed by atoms with Gasteiger partial charge in [-0.15, -0.1) is 0 Å². The summed E-state index contributed by atoms with van der Waals surface area (Å²) in [6, 6.07) is 10.3. The molecule has 1 amide bonds. The van der Waals surface area contributed by atoms with Crippen LogP contribution in [0.3, 0.4) is 0 Å². The maximum absolute atomic E-state index is 12.6. The van der Waals surface area contributed by atoms with Gasteiger partial charge in [-0.3, -0.25) is 4.79 Å². The molecule has 0 aliphatic heterocycles. The van der Waals surface area contributed by atoms with Gasteiger partial charge in [0, 0.05) is 17.3 Å². The van der Waals surface area contributed by atoms with Crippen molar-refractivity contribution in [3.8, 4) is 6.07 Å². The van der Waals surface area contributed by atoms with Gasteiger partial charge in [-0.05, 0) is 30.3 Å². The molecule has 0 aliphatic rings. The maximum atomic E-state index is 12.6. The molecule has 0 saturated carbocycles. The minimum atomic E-state index is -0.276. The van der Waals surface area contributed by atoms with Crippen LogP contribution >= 0.6 is 11.6 Å². The molecule has 0 saturated heterocycles. The average Bonchev–Trinajstić information content (AvgIpc) is 2.98. The lowest BCUT2D eigenvalue weighted by Crippen LogP contribution is -2.31. The number of halogens is 1. The molecule has 2 rings (SSSR count). The zero-order chi connectivity index (χ0) is 15.2. The second-order valence-electron chi connectivity index (χ2n) is 4.45. The van der Waals surface area contributed by atoms with E-state index in [1.54, 1.807) is 24.3 Å². The van der Waals surface area contributed by atoms with Crippen molar-refractivity contribution in [2.24, 2.45) is 0 Å². The molecule has 0 radical (unpaired) electrons. The van der Waals surface area contributed by atoms with Crippen molar-refractivity contribution in [1.29, 1.82) is 5.26 Å². The van der Waals surface area contributed by atoms with Crippen LogP contribution in [-0.2, 0) is 6.54 Å². The third-order valence-electron chi connectivity index (χ3n) is 2.95. The van der Waals surface area contributed by atoms with Crippen LogP contribution in [0.2, 0.25) is 5.02 Å². The minimum Gasteiger partial charge on any atom is -0.467 e. The molecule has 2 N–H and O–H groups in total. The first-order chi connectivity index (χ1) is 10.1. The lowest BCUT2D eigenvalue weighted by Gasteiger charge is -2.21. The van der Waals surface area contributed by atoms with E-state index in [4.69, 9.17) is 27.0 Å². The molecule has 0 aliphatic carbocycles. The number of hydrogen-bond acceptors (Lipinski definition) is 4. The van der Waals surface area contributed by atoms with Gasteiger partial charge < -0.3 is 15.1 Å². The lowest BCUT2D eigenvalue weighted by atomic mass is 10.1. The number of amides is 1. The fraction of sp³-hybridized carbons (Fsp3) is 0.200. The number of benzene rings is 1. The van der Waals surface area contributed by atoms with E-state index in [9.17, 15) is 4.79 Å². The molecular formula is C15H14ClN3O2. The highest BCUT2D eigenvalue weighted by atomic mass is 35.5. The summed E-state index contributed by atoms with van der Waals surface area (Å²) in [4.78, 5) is 14.1. The predicted octanol–water partition coefficient (Wildman–Crippen LogP) is 3.07. The number of rotatable bonds is 5. The molecule has 1 heterocycles. The molecule has 0 spiro atoms. The highest BCUT2D eigenvalue weighted by Crippen LogP contribution is 2.21. The average molecular weight is 304 g/mol. The van der Waals surface area contributed by atoms with Crippen molar-refractivity contribution >= 4 is 23.2 Å². The Labute approximate surface area is 127 Å². The summed E-state index contributed by atoms with van der Waals surface area (Å²) < 4.78 is 5.25. The van der Waals surface area contributed by atoms with Crippen molar-refractivity contribution in [3.05, 3.63) is 52.9 Å². The topological polar surface area (TPSA) is 83.3 Å². The SMILES string of the molecule is N#CCCN(Cc1ccco1)C(=O)c1cc(Cl)ccc1N. The van der Waals surface area contributed by atoms with Gasteiger partial charge in [-0.25, -0.2) is 0 Å². The molecule has 5 nitrogen and oxygen atoms in total. The van der Waals surface area contributed by atoms with Gasteiger partial charge in [0.1, 0.15) is 5.76 Å². The Morgan fingerprint density at radius 3 is 2.90 bits per heavy atom. The third-order valence-corrected chi connectivity index (χ3v) is 3.19. The van der Waals surface area contributed by atoms with Crippen molar-refractivity contribution in [2.75, 3.05) is 12.3 Å². The predicted molar refractivity (Wildman–Crippen MR) is 79.5 cm³/mol. The molecule has 21 heavy (non-hydrogen) atoms. The summed E-state index contributed by atoms with van der Waals surface area (Å²) in [5.41, 5.74) is 6.51. The Balaban J connectivity index is 2.24. The minimum absolute atomic E-state index is 0.229. The first-order valence-electron chi connectivity index (χ1n) is 6.35. The molecule has 108 valence electrons. The normalized spacial score (nSPS) is 10.1. The van der Waals surface area contributed by atoms with Crippen LogP contribution in [0.1, 0.15) is 22.5 Å². The van der Waals surface area contributed by atoms with Gasteiger partial charge in [0.25, 0.3) is 5.91 Å². The van der Waals surface area contributed by atoms with Crippen LogP contribution < -0.4 is 5.73 Å². The van der Waals surface area contributed by atoms with E-state index in [0.29, 0.717) is 28.6 Å². The number of hydrogen-bond donors (Lipinski definition) is 1. The Kier molecular flexibility index (Phi) is 4.85. The van der Waals surface area contributed by atoms with E-state index in [-0.39, 0.29) is 18.9 Å². The van der Waals surface area contributed by atoms with E-state index in [1.807, 2.05) is 6.07 Å². The van der Waals surface area contributed by atoms with Gasteiger partial charge in [-0.2, -0.15) is 5.26 Å². The summed E-state index contributed by atoms with van der Waals surface area (Å²) in [5, 5.41) is 9.17. The second-order valence-corrected chi connectivity index (χ2v) is 4.88. The summed E-state index contributed by atoms with van der Waals surface area (Å²) in [7, 11) is 0. The summed E-state index contributed by atoms with van der Waals surface area (Å²) in [6.45, 7) is 0.571. The van der Waals surface area contributed by atoms with Crippen molar-refractivity contribution in [3.63, 3.8) is 0 Å². The first kappa shape index (κ1) is 14.9. The molecule has 0 atom stereocenters. The van der Waals surface area contributed by atoms with Gasteiger partial charge in [0.05, 0.1) is 30.9 Å². The number of nitrogens with two attached hydrogens (primary N) is 1. The van der Waals surface area contributed by atoms with Crippen LogP contribution in [-0.4, -0.2) is 17.4 Å². The van der Waals surface area contributed by atoms with E-state index >= 15 is 0 Å². The highest BCUT2D eigenvalue weighted by Gasteiger charge is 2.19. The fourth-order valence-electron chi connectivity index (χ4n) is 1.91. The van der Waals surface area contributed by atoms with E-state index in [1.165, 1.54) is 17.2 Å². The number of anilines is 1. The van der Waals surface area contributed by atoms with Crippen LogP contribution in [0.4, 0.5) is 5.69 Å². The summed E-state index contributed by atoms with van der Waals surface area (Å²) in [6.07, 6.45) is 1.77. The van der Waals surface area contributed by atoms with Gasteiger partial charge in [-0.1, -0.05) is 11.6 Å². The number of nitrogens with zero attached hydrogens (tertiary/aromatic N) is 2. The monoisotopic (exact) mass is 303 g/mol. The Bertz CT molecular complexity index is 662. The van der Waals surface area contributed by atoms with E-state index in [2.05, 4.69) is 0 Å². The van der Waals surface area contributed by atoms with Crippen LogP contribution in [0.5, 0.6) is 0 Å². The van der Waals surface area contributed by atoms with Gasteiger partial charge in [0.2, 0.25) is 0 Å². The first-order valence-corrected chi connectivity index (χ1v) is 6.73. The van der Waals surface area contributed by atoms with Gasteiger partial charge in [0.15, 0.2) is 0 Å². The standard InChI is InChI=1S/C15H14ClN3O2/c16-11-4-5-14(18)13(9-11)15(20)19(7-2-6-17)10-12-3-1-8-21-12/h1,3-5,8-9H,2,7,10,18H2. The zero-order valence-electron chi connectivity index (χ0n) is 11.3. The lowest BCUT2D eigenvalue weighted by molar-refractivity contribution is 0.0736. The number of nitrogen functional groups attached to an aromatic ring is 1. The fourth-order valence-corrected chi connectivity index (χ4v) is 2.08. The van der Waals surface area contributed by atoms with Crippen molar-refractivity contribution in [1.82, 2.24) is 4.90 Å². The van der Waals surface area contributed by atoms with Crippen molar-refractivity contribution < 1.29 is 9.21 Å². The third kappa shape index (κ3) is 3.77. The molecule has 1 aromatic carbocycles. The summed E-state index contributed by atoms with van der Waals surface area (Å²) >= 11 is 5.92. The number of carbonyl (C=O) groups excluding carboxylic acids is 1. The molecule has 1 aromatic heterocycles. The molecule has 2 aromatic rings.